The highest BCUT2D eigenvalue weighted by atomic mass is 35.5. The Labute approximate surface area is 102 Å². The summed E-state index contributed by atoms with van der Waals surface area (Å²) in [6.07, 6.45) is 6.17. The second-order valence-corrected chi connectivity index (χ2v) is 4.85. The highest BCUT2D eigenvalue weighted by Gasteiger charge is 2.26. The van der Waals surface area contributed by atoms with Gasteiger partial charge in [-0.1, -0.05) is 6.92 Å². The molecule has 0 N–H and O–H groups in total. The van der Waals surface area contributed by atoms with Gasteiger partial charge in [0.2, 0.25) is 5.95 Å². The number of aromatic nitrogens is 2. The number of halogens is 1. The van der Waals surface area contributed by atoms with Gasteiger partial charge in [-0.25, -0.2) is 9.97 Å². The van der Waals surface area contributed by atoms with Gasteiger partial charge in [-0.3, -0.25) is 0 Å². The van der Waals surface area contributed by atoms with Gasteiger partial charge in [-0.15, -0.1) is 11.6 Å². The van der Waals surface area contributed by atoms with Gasteiger partial charge in [-0.05, 0) is 25.7 Å². The molecule has 1 aromatic heterocycles. The molecule has 0 saturated carbocycles. The van der Waals surface area contributed by atoms with E-state index in [2.05, 4.69) is 28.7 Å². The van der Waals surface area contributed by atoms with Crippen LogP contribution in [0.15, 0.2) is 12.4 Å². The Morgan fingerprint density at radius 3 is 2.69 bits per heavy atom. The number of alkyl halides is 1. The van der Waals surface area contributed by atoms with E-state index in [1.807, 2.05) is 12.4 Å². The molecule has 0 radical (unpaired) electrons. The topological polar surface area (TPSA) is 29.0 Å². The number of hydrogen-bond donors (Lipinski definition) is 0. The second-order valence-electron chi connectivity index (χ2n) is 4.58. The minimum absolute atomic E-state index is 0.478. The first kappa shape index (κ1) is 11.6. The monoisotopic (exact) mass is 239 g/mol. The molecule has 3 nitrogen and oxygen atoms in total. The third kappa shape index (κ3) is 2.29. The van der Waals surface area contributed by atoms with Gasteiger partial charge in [0.25, 0.3) is 0 Å². The third-order valence-electron chi connectivity index (χ3n) is 3.48. The predicted molar refractivity (Wildman–Crippen MR) is 66.8 cm³/mol. The van der Waals surface area contributed by atoms with Gasteiger partial charge >= 0.3 is 0 Å². The van der Waals surface area contributed by atoms with Crippen LogP contribution in [0.25, 0.3) is 0 Å². The molecule has 2 rings (SSSR count). The first-order chi connectivity index (χ1) is 7.72. The number of rotatable bonds is 2. The summed E-state index contributed by atoms with van der Waals surface area (Å²) in [7, 11) is 0. The van der Waals surface area contributed by atoms with Crippen LogP contribution in [0.4, 0.5) is 5.95 Å². The van der Waals surface area contributed by atoms with Gasteiger partial charge in [0, 0.05) is 30.5 Å². The average Bonchev–Trinajstić information content (AvgIpc) is 2.33. The minimum Gasteiger partial charge on any atom is -0.338 e. The minimum atomic E-state index is 0.478. The summed E-state index contributed by atoms with van der Waals surface area (Å²) in [6.45, 7) is 5.61. The fourth-order valence-corrected chi connectivity index (χ4v) is 2.32. The molecule has 1 saturated heterocycles. The molecule has 0 bridgehead atoms. The predicted octanol–water partition coefficient (Wildman–Crippen LogP) is 2.84. The molecule has 0 aromatic carbocycles. The molecule has 0 aliphatic carbocycles. The van der Waals surface area contributed by atoms with E-state index in [1.54, 1.807) is 0 Å². The van der Waals surface area contributed by atoms with E-state index in [0.29, 0.717) is 17.8 Å². The summed E-state index contributed by atoms with van der Waals surface area (Å²) < 4.78 is 0. The largest absolute Gasteiger partial charge is 0.338 e. The molecule has 1 fully saturated rings. The van der Waals surface area contributed by atoms with E-state index < -0.39 is 0 Å². The number of nitrogens with zero attached hydrogens (tertiary/aromatic N) is 3. The van der Waals surface area contributed by atoms with E-state index >= 15 is 0 Å². The van der Waals surface area contributed by atoms with Crippen LogP contribution in [0.3, 0.4) is 0 Å². The normalized spacial score (nSPS) is 25.8. The van der Waals surface area contributed by atoms with Crippen molar-refractivity contribution in [3.05, 3.63) is 18.0 Å². The van der Waals surface area contributed by atoms with E-state index in [1.165, 1.54) is 12.8 Å². The van der Waals surface area contributed by atoms with Gasteiger partial charge < -0.3 is 4.90 Å². The van der Waals surface area contributed by atoms with E-state index in [-0.39, 0.29) is 0 Å². The maximum absolute atomic E-state index is 5.72. The van der Waals surface area contributed by atoms with Crippen LogP contribution in [0.2, 0.25) is 0 Å². The Morgan fingerprint density at radius 2 is 2.06 bits per heavy atom. The third-order valence-corrected chi connectivity index (χ3v) is 3.79. The van der Waals surface area contributed by atoms with Crippen molar-refractivity contribution in [2.75, 3.05) is 11.4 Å². The van der Waals surface area contributed by atoms with Crippen molar-refractivity contribution >= 4 is 17.5 Å². The van der Waals surface area contributed by atoms with Crippen LogP contribution >= 0.6 is 11.6 Å². The van der Waals surface area contributed by atoms with Crippen molar-refractivity contribution in [1.82, 2.24) is 9.97 Å². The number of hydrogen-bond acceptors (Lipinski definition) is 3. The molecule has 88 valence electrons. The van der Waals surface area contributed by atoms with Gasteiger partial charge in [0.05, 0.1) is 5.88 Å². The first-order valence-electron chi connectivity index (χ1n) is 5.86. The Morgan fingerprint density at radius 1 is 1.38 bits per heavy atom. The molecule has 0 amide bonds. The van der Waals surface area contributed by atoms with Crippen LogP contribution in [0.5, 0.6) is 0 Å². The molecule has 1 aromatic rings. The summed E-state index contributed by atoms with van der Waals surface area (Å²) in [5.41, 5.74) is 0.975. The Balaban J connectivity index is 2.15. The molecule has 0 spiro atoms. The molecule has 1 aliphatic heterocycles. The maximum Gasteiger partial charge on any atom is 0.225 e. The lowest BCUT2D eigenvalue weighted by Gasteiger charge is -2.37. The second kappa shape index (κ2) is 5.00. The summed E-state index contributed by atoms with van der Waals surface area (Å²) in [4.78, 5) is 11.1. The standard InChI is InChI=1S/C12H18ClN3/c1-9-4-3-5-16(10(9)2)12-14-7-11(6-13)8-15-12/h7-10H,3-6H2,1-2H3. The zero-order chi connectivity index (χ0) is 11.5. The van der Waals surface area contributed by atoms with Crippen molar-refractivity contribution in [2.24, 2.45) is 5.92 Å². The first-order valence-corrected chi connectivity index (χ1v) is 6.39. The summed E-state index contributed by atoms with van der Waals surface area (Å²) >= 11 is 5.72. The van der Waals surface area contributed by atoms with Gasteiger partial charge in [0.1, 0.15) is 0 Å². The van der Waals surface area contributed by atoms with Crippen LogP contribution < -0.4 is 4.90 Å². The van der Waals surface area contributed by atoms with Gasteiger partial charge in [-0.2, -0.15) is 0 Å². The zero-order valence-electron chi connectivity index (χ0n) is 9.86. The fourth-order valence-electron chi connectivity index (χ4n) is 2.18. The highest BCUT2D eigenvalue weighted by Crippen LogP contribution is 2.25. The van der Waals surface area contributed by atoms with Crippen molar-refractivity contribution in [1.29, 1.82) is 0 Å². The lowest BCUT2D eigenvalue weighted by molar-refractivity contribution is 0.359. The smallest absolute Gasteiger partial charge is 0.225 e. The SMILES string of the molecule is CC1CCCN(c2ncc(CCl)cn2)C1C. The molecular formula is C12H18ClN3. The van der Waals surface area contributed by atoms with E-state index in [0.717, 1.165) is 18.1 Å². The van der Waals surface area contributed by atoms with Crippen LogP contribution in [-0.2, 0) is 5.88 Å². The lowest BCUT2D eigenvalue weighted by atomic mass is 9.92. The quantitative estimate of drug-likeness (QED) is 0.744. The Kier molecular flexibility index (Phi) is 3.64. The van der Waals surface area contributed by atoms with Gasteiger partial charge in [0.15, 0.2) is 0 Å². The zero-order valence-corrected chi connectivity index (χ0v) is 10.6. The fraction of sp³-hybridized carbons (Fsp3) is 0.667. The van der Waals surface area contributed by atoms with Crippen molar-refractivity contribution < 1.29 is 0 Å². The van der Waals surface area contributed by atoms with Crippen molar-refractivity contribution in [3.8, 4) is 0 Å². The molecule has 4 heteroatoms. The summed E-state index contributed by atoms with van der Waals surface area (Å²) in [5.74, 6) is 2.03. The molecule has 16 heavy (non-hydrogen) atoms. The van der Waals surface area contributed by atoms with Crippen molar-refractivity contribution in [2.45, 2.75) is 38.6 Å². The molecule has 2 unspecified atom stereocenters. The van der Waals surface area contributed by atoms with E-state index in [4.69, 9.17) is 11.6 Å². The van der Waals surface area contributed by atoms with Crippen LogP contribution in [0, 0.1) is 5.92 Å². The Bertz CT molecular complexity index is 339. The summed E-state index contributed by atoms with van der Waals surface area (Å²) in [5, 5.41) is 0. The molecule has 2 atom stereocenters. The van der Waals surface area contributed by atoms with Crippen LogP contribution in [0.1, 0.15) is 32.3 Å². The van der Waals surface area contributed by atoms with E-state index in [9.17, 15) is 0 Å². The molecule has 2 heterocycles. The highest BCUT2D eigenvalue weighted by molar-refractivity contribution is 6.17. The van der Waals surface area contributed by atoms with Crippen molar-refractivity contribution in [3.63, 3.8) is 0 Å². The number of piperidine rings is 1. The molecular weight excluding hydrogens is 222 g/mol. The molecule has 1 aliphatic rings. The Hall–Kier alpha value is -0.830. The maximum atomic E-state index is 5.72. The average molecular weight is 240 g/mol. The van der Waals surface area contributed by atoms with Crippen LogP contribution in [-0.4, -0.2) is 22.6 Å². The summed E-state index contributed by atoms with van der Waals surface area (Å²) in [6, 6.07) is 0.524. The number of anilines is 1. The lowest BCUT2D eigenvalue weighted by Crippen LogP contribution is -2.43.